The molecular weight excluding hydrogens is 532 g/mol. The number of hydrogen-bond acceptors (Lipinski definition) is 5. The van der Waals surface area contributed by atoms with Gasteiger partial charge in [0, 0.05) is 30.5 Å². The van der Waals surface area contributed by atoms with Gasteiger partial charge in [-0.3, -0.25) is 14.4 Å². The second kappa shape index (κ2) is 10.9. The minimum atomic E-state index is -3.86. The van der Waals surface area contributed by atoms with Gasteiger partial charge in [0.05, 0.1) is 4.90 Å². The largest absolute Gasteiger partial charge is 0.481 e. The van der Waals surface area contributed by atoms with Crippen molar-refractivity contribution >= 4 is 33.6 Å². The molecule has 1 heterocycles. The number of nitrogens with zero attached hydrogens (tertiary/aromatic N) is 1. The Morgan fingerprint density at radius 3 is 2.15 bits per heavy atom. The topological polar surface area (TPSA) is 141 Å². The first-order valence-electron chi connectivity index (χ1n) is 13.2. The van der Waals surface area contributed by atoms with Crippen LogP contribution in [-0.4, -0.2) is 53.4 Å². The number of aliphatic carboxylic acids is 2. The molecule has 1 aliphatic heterocycles. The van der Waals surface area contributed by atoms with Gasteiger partial charge in [-0.25, -0.2) is 8.42 Å². The van der Waals surface area contributed by atoms with E-state index in [0.29, 0.717) is 18.5 Å². The number of carboxylic acids is 2. The molecule has 1 fully saturated rings. The molecule has 1 aliphatic carbocycles. The maximum Gasteiger partial charge on any atom is 0.303 e. The molecule has 0 bridgehead atoms. The molecule has 40 heavy (non-hydrogen) atoms. The monoisotopic (exact) mass is 562 g/mol. The van der Waals surface area contributed by atoms with Crippen molar-refractivity contribution < 1.29 is 33.0 Å². The summed E-state index contributed by atoms with van der Waals surface area (Å²) in [4.78, 5) is 36.8. The number of benzene rings is 3. The summed E-state index contributed by atoms with van der Waals surface area (Å²) in [6.45, 7) is 0.238. The van der Waals surface area contributed by atoms with Gasteiger partial charge in [-0.2, -0.15) is 4.31 Å². The molecule has 0 aromatic heterocycles. The summed E-state index contributed by atoms with van der Waals surface area (Å²) < 4.78 is 27.8. The summed E-state index contributed by atoms with van der Waals surface area (Å²) in [6, 6.07) is 20.1. The lowest BCUT2D eigenvalue weighted by Gasteiger charge is -2.32. The Kier molecular flexibility index (Phi) is 7.48. The molecule has 0 saturated carbocycles. The van der Waals surface area contributed by atoms with Gasteiger partial charge < -0.3 is 15.5 Å². The fraction of sp³-hybridized carbons (Fsp3) is 0.300. The van der Waals surface area contributed by atoms with Gasteiger partial charge in [0.2, 0.25) is 15.9 Å². The smallest absolute Gasteiger partial charge is 0.303 e. The van der Waals surface area contributed by atoms with Crippen LogP contribution < -0.4 is 5.32 Å². The molecule has 3 N–H and O–H groups in total. The molecule has 3 aromatic rings. The van der Waals surface area contributed by atoms with Crippen molar-refractivity contribution in [3.05, 3.63) is 83.9 Å². The van der Waals surface area contributed by atoms with E-state index in [-0.39, 0.29) is 37.1 Å². The Morgan fingerprint density at radius 2 is 1.48 bits per heavy atom. The number of rotatable bonds is 10. The normalized spacial score (nSPS) is 17.6. The van der Waals surface area contributed by atoms with Crippen LogP contribution in [0.25, 0.3) is 11.1 Å². The zero-order chi connectivity index (χ0) is 28.5. The third kappa shape index (κ3) is 5.00. The van der Waals surface area contributed by atoms with Crippen molar-refractivity contribution in [3.63, 3.8) is 0 Å². The Balaban J connectivity index is 1.48. The highest BCUT2D eigenvalue weighted by Crippen LogP contribution is 2.54. The summed E-state index contributed by atoms with van der Waals surface area (Å²) in [5.74, 6) is -2.41. The van der Waals surface area contributed by atoms with E-state index in [9.17, 15) is 33.0 Å². The summed E-state index contributed by atoms with van der Waals surface area (Å²) >= 11 is 0. The van der Waals surface area contributed by atoms with Crippen LogP contribution in [0.15, 0.2) is 77.7 Å². The lowest BCUT2D eigenvalue weighted by molar-refractivity contribution is -0.137. The Morgan fingerprint density at radius 1 is 0.850 bits per heavy atom. The molecule has 2 aliphatic rings. The van der Waals surface area contributed by atoms with Crippen LogP contribution in [0.1, 0.15) is 49.7 Å². The molecule has 0 spiro atoms. The molecular formula is C30H30N2O7S. The van der Waals surface area contributed by atoms with Crippen molar-refractivity contribution in [3.8, 4) is 11.1 Å². The number of carbonyl (C=O) groups is 3. The highest BCUT2D eigenvalue weighted by atomic mass is 32.2. The zero-order valence-corrected chi connectivity index (χ0v) is 22.6. The number of hydrogen-bond donors (Lipinski definition) is 3. The van der Waals surface area contributed by atoms with Gasteiger partial charge in [0.15, 0.2) is 0 Å². The maximum atomic E-state index is 13.4. The zero-order valence-electron chi connectivity index (χ0n) is 21.7. The number of carbonyl (C=O) groups excluding carboxylic acids is 1. The first-order valence-corrected chi connectivity index (χ1v) is 14.6. The lowest BCUT2D eigenvalue weighted by Crippen LogP contribution is -2.43. The number of nitrogens with one attached hydrogen (secondary N) is 1. The molecule has 10 heteroatoms. The van der Waals surface area contributed by atoms with Crippen LogP contribution in [-0.2, 0) is 29.8 Å². The van der Waals surface area contributed by atoms with Crippen molar-refractivity contribution in [2.24, 2.45) is 0 Å². The van der Waals surface area contributed by atoms with E-state index in [1.807, 2.05) is 30.3 Å². The average Bonchev–Trinajstić information content (AvgIpc) is 3.54. The van der Waals surface area contributed by atoms with E-state index in [0.717, 1.165) is 22.3 Å². The van der Waals surface area contributed by atoms with E-state index < -0.39 is 39.3 Å². The Bertz CT molecular complexity index is 1550. The van der Waals surface area contributed by atoms with Gasteiger partial charge in [0.25, 0.3) is 0 Å². The highest BCUT2D eigenvalue weighted by molar-refractivity contribution is 7.89. The minimum Gasteiger partial charge on any atom is -0.481 e. The highest BCUT2D eigenvalue weighted by Gasteiger charge is 2.44. The van der Waals surface area contributed by atoms with Crippen LogP contribution in [0.4, 0.5) is 5.69 Å². The minimum absolute atomic E-state index is 0.131. The predicted molar refractivity (Wildman–Crippen MR) is 148 cm³/mol. The van der Waals surface area contributed by atoms with Crippen molar-refractivity contribution in [2.45, 2.75) is 54.9 Å². The maximum absolute atomic E-state index is 13.4. The number of sulfonamides is 1. The standard InChI is InChI=1S/C30H30N2O7S/c33-27(34)14-16-30(17-15-28(35)36)24-10-5-4-9-22(24)23-13-12-20(19-25(23)30)31-29(37)26-11-6-18-32(26)40(38,39)21-7-2-1-3-8-21/h1-5,7-10,12-13,19,26H,6,11,14-18H2,(H,31,37)(H,33,34)(H,35,36)/t26-/m0/s1. The first-order chi connectivity index (χ1) is 19.1. The van der Waals surface area contributed by atoms with E-state index >= 15 is 0 Å². The van der Waals surface area contributed by atoms with Crippen LogP contribution in [0, 0.1) is 0 Å². The van der Waals surface area contributed by atoms with Gasteiger partial charge in [-0.1, -0.05) is 48.5 Å². The molecule has 0 radical (unpaired) electrons. The van der Waals surface area contributed by atoms with Gasteiger partial charge in [-0.15, -0.1) is 0 Å². The molecule has 208 valence electrons. The molecule has 1 saturated heterocycles. The summed E-state index contributed by atoms with van der Waals surface area (Å²) in [5, 5.41) is 21.9. The molecule has 1 atom stereocenters. The predicted octanol–water partition coefficient (Wildman–Crippen LogP) is 4.47. The SMILES string of the molecule is O=C(O)CCC1(CCC(=O)O)c2ccccc2-c2ccc(NC(=O)[C@@H]3CCCN3S(=O)(=O)c3ccccc3)cc21. The fourth-order valence-electron chi connectivity index (χ4n) is 6.08. The molecule has 0 unspecified atom stereocenters. The summed E-state index contributed by atoms with van der Waals surface area (Å²) in [7, 11) is -3.86. The molecule has 1 amide bonds. The van der Waals surface area contributed by atoms with Gasteiger partial charge in [0.1, 0.15) is 6.04 Å². The van der Waals surface area contributed by atoms with Crippen molar-refractivity contribution in [1.82, 2.24) is 4.31 Å². The van der Waals surface area contributed by atoms with E-state index in [1.165, 1.54) is 16.4 Å². The van der Waals surface area contributed by atoms with Crippen molar-refractivity contribution in [1.29, 1.82) is 0 Å². The third-order valence-corrected chi connectivity index (χ3v) is 9.85. The number of amides is 1. The number of fused-ring (bicyclic) bond motifs is 3. The molecule has 3 aromatic carbocycles. The first kappa shape index (κ1) is 27.5. The second-order valence-corrected chi connectivity index (χ2v) is 12.1. The average molecular weight is 563 g/mol. The lowest BCUT2D eigenvalue weighted by atomic mass is 9.71. The molecule has 5 rings (SSSR count). The van der Waals surface area contributed by atoms with E-state index in [1.54, 1.807) is 30.3 Å². The quantitative estimate of drug-likeness (QED) is 0.331. The van der Waals surface area contributed by atoms with Gasteiger partial charge >= 0.3 is 11.9 Å². The van der Waals surface area contributed by atoms with E-state index in [4.69, 9.17) is 0 Å². The third-order valence-electron chi connectivity index (χ3n) is 7.92. The summed E-state index contributed by atoms with van der Waals surface area (Å²) in [5.41, 5.74) is 2.97. The Labute approximate surface area is 232 Å². The number of carboxylic acid groups (broad SMARTS) is 2. The number of anilines is 1. The van der Waals surface area contributed by atoms with Crippen LogP contribution in [0.3, 0.4) is 0 Å². The Hall–Kier alpha value is -4.02. The van der Waals surface area contributed by atoms with E-state index in [2.05, 4.69) is 5.32 Å². The second-order valence-electron chi connectivity index (χ2n) is 10.3. The van der Waals surface area contributed by atoms with Crippen LogP contribution >= 0.6 is 0 Å². The fourth-order valence-corrected chi connectivity index (χ4v) is 7.76. The van der Waals surface area contributed by atoms with Crippen LogP contribution in [0.5, 0.6) is 0 Å². The van der Waals surface area contributed by atoms with Gasteiger partial charge in [-0.05, 0) is 72.2 Å². The van der Waals surface area contributed by atoms with Crippen LogP contribution in [0.2, 0.25) is 0 Å². The summed E-state index contributed by atoms with van der Waals surface area (Å²) in [6.07, 6.45) is 1.02. The van der Waals surface area contributed by atoms with Crippen molar-refractivity contribution in [2.75, 3.05) is 11.9 Å². The molecule has 9 nitrogen and oxygen atoms in total.